The third-order valence-electron chi connectivity index (χ3n) is 4.03. The van der Waals surface area contributed by atoms with Crippen LogP contribution >= 0.6 is 0 Å². The Morgan fingerprint density at radius 1 is 0.667 bits per heavy atom. The minimum absolute atomic E-state index is 0.681. The SMILES string of the molecule is CCOc1cc2c3ccccc3ccc2c2ccccc12. The monoisotopic (exact) mass is 272 g/mol. The van der Waals surface area contributed by atoms with E-state index in [-0.39, 0.29) is 0 Å². The van der Waals surface area contributed by atoms with E-state index in [0.29, 0.717) is 6.61 Å². The van der Waals surface area contributed by atoms with Crippen molar-refractivity contribution < 1.29 is 4.74 Å². The maximum Gasteiger partial charge on any atom is 0.127 e. The quantitative estimate of drug-likeness (QED) is 0.435. The molecule has 0 spiro atoms. The molecule has 0 fully saturated rings. The lowest BCUT2D eigenvalue weighted by molar-refractivity contribution is 0.345. The highest BCUT2D eigenvalue weighted by Crippen LogP contribution is 2.36. The summed E-state index contributed by atoms with van der Waals surface area (Å²) in [4.78, 5) is 0. The Morgan fingerprint density at radius 3 is 2.14 bits per heavy atom. The number of ether oxygens (including phenoxy) is 1. The molecule has 0 bridgehead atoms. The first kappa shape index (κ1) is 12.2. The van der Waals surface area contributed by atoms with Crippen LogP contribution in [-0.2, 0) is 0 Å². The predicted molar refractivity (Wildman–Crippen MR) is 90.1 cm³/mol. The maximum atomic E-state index is 5.88. The van der Waals surface area contributed by atoms with Crippen LogP contribution in [0.3, 0.4) is 0 Å². The van der Waals surface area contributed by atoms with Crippen molar-refractivity contribution in [3.05, 3.63) is 66.7 Å². The Kier molecular flexibility index (Phi) is 2.78. The molecule has 1 nitrogen and oxygen atoms in total. The second-order valence-corrected chi connectivity index (χ2v) is 5.24. The Hall–Kier alpha value is -2.54. The van der Waals surface area contributed by atoms with Gasteiger partial charge in [0.25, 0.3) is 0 Å². The molecule has 0 aliphatic rings. The van der Waals surface area contributed by atoms with Crippen LogP contribution in [0.5, 0.6) is 5.75 Å². The number of benzene rings is 4. The molecule has 1 heteroatoms. The summed E-state index contributed by atoms with van der Waals surface area (Å²) in [6.07, 6.45) is 0. The zero-order valence-electron chi connectivity index (χ0n) is 12.0. The van der Waals surface area contributed by atoms with Crippen molar-refractivity contribution >= 4 is 32.3 Å². The average Bonchev–Trinajstić information content (AvgIpc) is 2.55. The van der Waals surface area contributed by atoms with Crippen molar-refractivity contribution in [2.75, 3.05) is 6.61 Å². The molecular formula is C20H16O. The second kappa shape index (κ2) is 4.78. The lowest BCUT2D eigenvalue weighted by atomic mass is 9.96. The van der Waals surface area contributed by atoms with Crippen LogP contribution in [0, 0.1) is 0 Å². The molecule has 0 unspecified atom stereocenters. The molecule has 0 atom stereocenters. The average molecular weight is 272 g/mol. The van der Waals surface area contributed by atoms with Gasteiger partial charge in [-0.1, -0.05) is 60.7 Å². The molecule has 4 rings (SSSR count). The molecular weight excluding hydrogens is 256 g/mol. The van der Waals surface area contributed by atoms with E-state index in [2.05, 4.69) is 66.7 Å². The van der Waals surface area contributed by atoms with Gasteiger partial charge in [0, 0.05) is 5.39 Å². The topological polar surface area (TPSA) is 9.23 Å². The van der Waals surface area contributed by atoms with E-state index in [1.165, 1.54) is 32.3 Å². The first-order valence-corrected chi connectivity index (χ1v) is 7.34. The summed E-state index contributed by atoms with van der Waals surface area (Å²) >= 11 is 0. The van der Waals surface area contributed by atoms with Crippen LogP contribution in [0.2, 0.25) is 0 Å². The van der Waals surface area contributed by atoms with Crippen LogP contribution in [0.25, 0.3) is 32.3 Å². The van der Waals surface area contributed by atoms with E-state index in [1.54, 1.807) is 0 Å². The molecule has 0 saturated carbocycles. The zero-order valence-corrected chi connectivity index (χ0v) is 12.0. The van der Waals surface area contributed by atoms with E-state index >= 15 is 0 Å². The maximum absolute atomic E-state index is 5.88. The van der Waals surface area contributed by atoms with Gasteiger partial charge < -0.3 is 4.74 Å². The van der Waals surface area contributed by atoms with Gasteiger partial charge in [-0.25, -0.2) is 0 Å². The summed E-state index contributed by atoms with van der Waals surface area (Å²) in [5.74, 6) is 0.969. The van der Waals surface area contributed by atoms with Crippen molar-refractivity contribution in [1.29, 1.82) is 0 Å². The van der Waals surface area contributed by atoms with E-state index in [4.69, 9.17) is 4.74 Å². The normalized spacial score (nSPS) is 11.3. The first-order valence-electron chi connectivity index (χ1n) is 7.34. The van der Waals surface area contributed by atoms with Crippen LogP contribution in [0.1, 0.15) is 6.92 Å². The minimum Gasteiger partial charge on any atom is -0.493 e. The molecule has 0 aromatic heterocycles. The third-order valence-corrected chi connectivity index (χ3v) is 4.03. The van der Waals surface area contributed by atoms with Gasteiger partial charge in [0.15, 0.2) is 0 Å². The fraction of sp³-hybridized carbons (Fsp3) is 0.100. The van der Waals surface area contributed by atoms with Gasteiger partial charge in [-0.3, -0.25) is 0 Å². The summed E-state index contributed by atoms with van der Waals surface area (Å²) in [6, 6.07) is 23.6. The summed E-state index contributed by atoms with van der Waals surface area (Å²) in [5, 5.41) is 7.53. The molecule has 102 valence electrons. The lowest BCUT2D eigenvalue weighted by Gasteiger charge is -2.12. The van der Waals surface area contributed by atoms with Gasteiger partial charge in [-0.05, 0) is 39.9 Å². The molecule has 0 aliphatic carbocycles. The zero-order chi connectivity index (χ0) is 14.2. The van der Waals surface area contributed by atoms with Crippen molar-refractivity contribution in [3.63, 3.8) is 0 Å². The van der Waals surface area contributed by atoms with Gasteiger partial charge in [0.05, 0.1) is 6.61 Å². The van der Waals surface area contributed by atoms with Crippen LogP contribution < -0.4 is 4.74 Å². The largest absolute Gasteiger partial charge is 0.493 e. The Balaban J connectivity index is 2.23. The second-order valence-electron chi connectivity index (χ2n) is 5.24. The first-order chi connectivity index (χ1) is 10.4. The number of hydrogen-bond acceptors (Lipinski definition) is 1. The van der Waals surface area contributed by atoms with Crippen LogP contribution in [0.4, 0.5) is 0 Å². The van der Waals surface area contributed by atoms with Crippen LogP contribution in [0.15, 0.2) is 66.7 Å². The van der Waals surface area contributed by atoms with Gasteiger partial charge in [-0.15, -0.1) is 0 Å². The smallest absolute Gasteiger partial charge is 0.127 e. The predicted octanol–water partition coefficient (Wildman–Crippen LogP) is 5.54. The highest BCUT2D eigenvalue weighted by Gasteiger charge is 2.09. The molecule has 0 N–H and O–H groups in total. The van der Waals surface area contributed by atoms with E-state index in [9.17, 15) is 0 Å². The van der Waals surface area contributed by atoms with E-state index in [0.717, 1.165) is 5.75 Å². The third kappa shape index (κ3) is 1.85. The highest BCUT2D eigenvalue weighted by molar-refractivity contribution is 6.18. The van der Waals surface area contributed by atoms with Gasteiger partial charge in [0.1, 0.15) is 5.75 Å². The molecule has 0 saturated heterocycles. The molecule has 21 heavy (non-hydrogen) atoms. The van der Waals surface area contributed by atoms with Crippen LogP contribution in [-0.4, -0.2) is 6.61 Å². The van der Waals surface area contributed by atoms with E-state index in [1.807, 2.05) is 6.92 Å². The minimum atomic E-state index is 0.681. The number of fused-ring (bicyclic) bond motifs is 5. The summed E-state index contributed by atoms with van der Waals surface area (Å²) in [6.45, 7) is 2.71. The lowest BCUT2D eigenvalue weighted by Crippen LogP contribution is -1.93. The highest BCUT2D eigenvalue weighted by atomic mass is 16.5. The van der Waals surface area contributed by atoms with Gasteiger partial charge in [-0.2, -0.15) is 0 Å². The number of hydrogen-bond donors (Lipinski definition) is 0. The number of rotatable bonds is 2. The summed E-state index contributed by atoms with van der Waals surface area (Å²) in [5.41, 5.74) is 0. The summed E-state index contributed by atoms with van der Waals surface area (Å²) in [7, 11) is 0. The fourth-order valence-electron chi connectivity index (χ4n) is 3.10. The fourth-order valence-corrected chi connectivity index (χ4v) is 3.10. The Morgan fingerprint density at radius 2 is 1.33 bits per heavy atom. The van der Waals surface area contributed by atoms with Gasteiger partial charge in [0.2, 0.25) is 0 Å². The molecule has 0 radical (unpaired) electrons. The van der Waals surface area contributed by atoms with Crippen molar-refractivity contribution in [3.8, 4) is 5.75 Å². The van der Waals surface area contributed by atoms with Crippen molar-refractivity contribution in [2.24, 2.45) is 0 Å². The Bertz CT molecular complexity index is 954. The standard InChI is InChI=1S/C20H16O/c1-2-21-20-13-19-15-8-4-3-7-14(15)11-12-17(19)16-9-5-6-10-18(16)20/h3-13H,2H2,1H3. The Labute approximate surface area is 123 Å². The molecule has 0 heterocycles. The molecule has 4 aromatic carbocycles. The van der Waals surface area contributed by atoms with E-state index < -0.39 is 0 Å². The molecule has 4 aromatic rings. The van der Waals surface area contributed by atoms with Gasteiger partial charge >= 0.3 is 0 Å². The van der Waals surface area contributed by atoms with Crippen molar-refractivity contribution in [1.82, 2.24) is 0 Å². The summed E-state index contributed by atoms with van der Waals surface area (Å²) < 4.78 is 5.88. The van der Waals surface area contributed by atoms with Crippen molar-refractivity contribution in [2.45, 2.75) is 6.92 Å². The molecule has 0 aliphatic heterocycles. The molecule has 0 amide bonds.